The van der Waals surface area contributed by atoms with Crippen molar-refractivity contribution in [1.82, 2.24) is 0 Å². The number of nitro groups is 1. The van der Waals surface area contributed by atoms with Gasteiger partial charge in [0, 0.05) is 25.5 Å². The lowest BCUT2D eigenvalue weighted by molar-refractivity contribution is -0.384. The highest BCUT2D eigenvalue weighted by Gasteiger charge is 2.43. The van der Waals surface area contributed by atoms with Gasteiger partial charge in [0.2, 0.25) is 0 Å². The number of nitro benzene ring substituents is 1. The molecule has 0 bridgehead atoms. The highest BCUT2D eigenvalue weighted by Crippen LogP contribution is 2.40. The van der Waals surface area contributed by atoms with Gasteiger partial charge < -0.3 is 19.9 Å². The molecule has 0 amide bonds. The molecule has 2 N–H and O–H groups in total. The number of hydrogen-bond acceptors (Lipinski definition) is 6. The summed E-state index contributed by atoms with van der Waals surface area (Å²) in [5.41, 5.74) is 1.02. The van der Waals surface area contributed by atoms with Crippen LogP contribution in [0.1, 0.15) is 38.2 Å². The summed E-state index contributed by atoms with van der Waals surface area (Å²) >= 11 is 0. The Balaban J connectivity index is 1.61. The Morgan fingerprint density at radius 1 is 1.42 bits per heavy atom. The molecule has 24 heavy (non-hydrogen) atoms. The molecule has 1 saturated heterocycles. The van der Waals surface area contributed by atoms with Crippen LogP contribution >= 0.6 is 0 Å². The fourth-order valence-electron chi connectivity index (χ4n) is 3.39. The summed E-state index contributed by atoms with van der Waals surface area (Å²) in [6.07, 6.45) is 3.89. The van der Waals surface area contributed by atoms with E-state index < -0.39 is 10.7 Å². The first-order valence-corrected chi connectivity index (χ1v) is 8.45. The number of benzene rings is 1. The maximum Gasteiger partial charge on any atom is 0.292 e. The Hall–Kier alpha value is -1.70. The van der Waals surface area contributed by atoms with Gasteiger partial charge in [0.05, 0.1) is 18.1 Å². The molecule has 3 rings (SSSR count). The predicted molar refractivity (Wildman–Crippen MR) is 88.7 cm³/mol. The summed E-state index contributed by atoms with van der Waals surface area (Å²) in [5.74, 6) is 0.251. The minimum Gasteiger partial charge on any atom is -0.392 e. The van der Waals surface area contributed by atoms with Crippen molar-refractivity contribution in [3.63, 3.8) is 0 Å². The van der Waals surface area contributed by atoms with Gasteiger partial charge in [-0.05, 0) is 36.5 Å². The molecule has 1 aliphatic carbocycles. The zero-order valence-electron chi connectivity index (χ0n) is 13.9. The first-order valence-electron chi connectivity index (χ1n) is 8.45. The van der Waals surface area contributed by atoms with Crippen molar-refractivity contribution >= 4 is 11.4 Å². The summed E-state index contributed by atoms with van der Waals surface area (Å²) < 4.78 is 12.0. The maximum absolute atomic E-state index is 11.1. The molecular weight excluding hydrogens is 312 g/mol. The highest BCUT2D eigenvalue weighted by molar-refractivity contribution is 5.62. The van der Waals surface area contributed by atoms with E-state index in [1.165, 1.54) is 6.07 Å². The largest absolute Gasteiger partial charge is 0.392 e. The van der Waals surface area contributed by atoms with Gasteiger partial charge in [0.1, 0.15) is 11.8 Å². The molecular formula is C17H24N2O5. The Kier molecular flexibility index (Phi) is 5.03. The predicted octanol–water partition coefficient (Wildman–Crippen LogP) is 2.82. The number of hydrogen-bond donors (Lipinski definition) is 2. The lowest BCUT2D eigenvalue weighted by atomic mass is 9.86. The van der Waals surface area contributed by atoms with Crippen molar-refractivity contribution in [1.29, 1.82) is 0 Å². The molecule has 132 valence electrons. The van der Waals surface area contributed by atoms with Crippen LogP contribution in [0.25, 0.3) is 0 Å². The maximum atomic E-state index is 11.1. The third-order valence-electron chi connectivity index (χ3n) is 4.91. The van der Waals surface area contributed by atoms with Gasteiger partial charge in [-0.2, -0.15) is 0 Å². The standard InChI is InChI=1S/C17H24N2O5/c1-12-4-6-17(7-5-12)23-11-14(24-17)9-18-15-8-13(10-20)2-3-16(15)19(21)22/h2-3,8,12,14,18,20H,4-7,9-11H2,1H3. The van der Waals surface area contributed by atoms with Crippen LogP contribution in [0.5, 0.6) is 0 Å². The number of anilines is 1. The van der Waals surface area contributed by atoms with Crippen molar-refractivity contribution in [2.45, 2.75) is 51.1 Å². The van der Waals surface area contributed by atoms with E-state index in [0.29, 0.717) is 30.3 Å². The van der Waals surface area contributed by atoms with Crippen LogP contribution < -0.4 is 5.32 Å². The number of aliphatic hydroxyl groups excluding tert-OH is 1. The second-order valence-electron chi connectivity index (χ2n) is 6.79. The SMILES string of the molecule is CC1CCC2(CC1)OCC(CNc1cc(CO)ccc1[N+](=O)[O-])O2. The van der Waals surface area contributed by atoms with Gasteiger partial charge in [-0.3, -0.25) is 10.1 Å². The van der Waals surface area contributed by atoms with Crippen molar-refractivity contribution in [2.24, 2.45) is 5.92 Å². The molecule has 0 aromatic heterocycles. The van der Waals surface area contributed by atoms with Gasteiger partial charge in [0.15, 0.2) is 5.79 Å². The van der Waals surface area contributed by atoms with Crippen LogP contribution in [0.3, 0.4) is 0 Å². The monoisotopic (exact) mass is 336 g/mol. The minimum atomic E-state index is -0.461. The first kappa shape index (κ1) is 17.1. The molecule has 1 aliphatic heterocycles. The number of rotatable bonds is 5. The summed E-state index contributed by atoms with van der Waals surface area (Å²) in [5, 5.41) is 23.4. The molecule has 1 aromatic rings. The molecule has 1 heterocycles. The van der Waals surface area contributed by atoms with Crippen molar-refractivity contribution in [2.75, 3.05) is 18.5 Å². The first-order chi connectivity index (χ1) is 11.5. The van der Waals surface area contributed by atoms with Crippen molar-refractivity contribution < 1.29 is 19.5 Å². The average molecular weight is 336 g/mol. The minimum absolute atomic E-state index is 0.00711. The zero-order valence-corrected chi connectivity index (χ0v) is 13.9. The smallest absolute Gasteiger partial charge is 0.292 e. The molecule has 1 unspecified atom stereocenters. The highest BCUT2D eigenvalue weighted by atomic mass is 16.7. The van der Waals surface area contributed by atoms with E-state index in [2.05, 4.69) is 12.2 Å². The van der Waals surface area contributed by atoms with Crippen LogP contribution in [0, 0.1) is 16.0 Å². The molecule has 0 radical (unpaired) electrons. The molecule has 2 aliphatic rings. The van der Waals surface area contributed by atoms with Crippen LogP contribution in [-0.4, -0.2) is 35.1 Å². The van der Waals surface area contributed by atoms with Gasteiger partial charge in [0.25, 0.3) is 5.69 Å². The summed E-state index contributed by atoms with van der Waals surface area (Å²) in [4.78, 5) is 10.7. The van der Waals surface area contributed by atoms with Gasteiger partial charge >= 0.3 is 0 Å². The second kappa shape index (κ2) is 7.04. The Labute approximate surface area is 141 Å². The van der Waals surface area contributed by atoms with Gasteiger partial charge in [-0.15, -0.1) is 0 Å². The molecule has 1 spiro atoms. The third kappa shape index (κ3) is 3.68. The third-order valence-corrected chi connectivity index (χ3v) is 4.91. The van der Waals surface area contributed by atoms with Crippen LogP contribution in [0.2, 0.25) is 0 Å². The normalized spacial score (nSPS) is 29.8. The van der Waals surface area contributed by atoms with Gasteiger partial charge in [-0.1, -0.05) is 6.92 Å². The fraction of sp³-hybridized carbons (Fsp3) is 0.647. The van der Waals surface area contributed by atoms with E-state index in [1.54, 1.807) is 12.1 Å². The number of nitrogens with zero attached hydrogens (tertiary/aromatic N) is 1. The molecule has 7 heteroatoms. The summed E-state index contributed by atoms with van der Waals surface area (Å²) in [7, 11) is 0. The summed E-state index contributed by atoms with van der Waals surface area (Å²) in [6.45, 7) is 3.02. The second-order valence-corrected chi connectivity index (χ2v) is 6.79. The van der Waals surface area contributed by atoms with E-state index in [9.17, 15) is 15.2 Å². The topological polar surface area (TPSA) is 93.9 Å². The van der Waals surface area contributed by atoms with E-state index in [4.69, 9.17) is 9.47 Å². The molecule has 1 aromatic carbocycles. The number of aliphatic hydroxyl groups is 1. The van der Waals surface area contributed by atoms with E-state index >= 15 is 0 Å². The van der Waals surface area contributed by atoms with Crippen molar-refractivity contribution in [3.05, 3.63) is 33.9 Å². The number of ether oxygens (including phenoxy) is 2. The molecule has 1 saturated carbocycles. The summed E-state index contributed by atoms with van der Waals surface area (Å²) in [6, 6.07) is 4.56. The molecule has 7 nitrogen and oxygen atoms in total. The lowest BCUT2D eigenvalue weighted by Gasteiger charge is -2.34. The van der Waals surface area contributed by atoms with Crippen molar-refractivity contribution in [3.8, 4) is 0 Å². The van der Waals surface area contributed by atoms with Crippen LogP contribution in [0.4, 0.5) is 11.4 Å². The Morgan fingerprint density at radius 3 is 2.83 bits per heavy atom. The van der Waals surface area contributed by atoms with Gasteiger partial charge in [-0.25, -0.2) is 0 Å². The lowest BCUT2D eigenvalue weighted by Crippen LogP contribution is -2.36. The Morgan fingerprint density at radius 2 is 2.17 bits per heavy atom. The van der Waals surface area contributed by atoms with E-state index in [-0.39, 0.29) is 18.4 Å². The molecule has 2 fully saturated rings. The van der Waals surface area contributed by atoms with E-state index in [0.717, 1.165) is 25.7 Å². The quantitative estimate of drug-likeness (QED) is 0.634. The van der Waals surface area contributed by atoms with E-state index in [1.807, 2.05) is 0 Å². The van der Waals surface area contributed by atoms with Crippen LogP contribution in [-0.2, 0) is 16.1 Å². The zero-order chi connectivity index (χ0) is 17.2. The van der Waals surface area contributed by atoms with Crippen LogP contribution in [0.15, 0.2) is 18.2 Å². The Bertz CT molecular complexity index is 599. The average Bonchev–Trinajstić information content (AvgIpc) is 2.98. The fourth-order valence-corrected chi connectivity index (χ4v) is 3.39. The molecule has 1 atom stereocenters. The number of nitrogens with one attached hydrogen (secondary N) is 1.